The molecule has 1 amide bonds. The van der Waals surface area contributed by atoms with Gasteiger partial charge in [0.1, 0.15) is 10.8 Å². The monoisotopic (exact) mass is 421 g/mol. The summed E-state index contributed by atoms with van der Waals surface area (Å²) in [6, 6.07) is 6.66. The number of fused-ring (bicyclic) bond motifs is 1. The fourth-order valence-electron chi connectivity index (χ4n) is 3.32. The number of rotatable bonds is 3. The second-order valence-corrected chi connectivity index (χ2v) is 7.76. The van der Waals surface area contributed by atoms with Crippen LogP contribution in [0.4, 0.5) is 19.0 Å². The standard InChI is InChI=1S/C19H18F3N5OS/c1-12-11-29-15(23-12)10-16(28)26-6-8-27(9-7-26)17-13-4-2-3-5-14(13)24-18(25-17)19(20,21)22/h2-5,11H,6-10H2,1H3. The van der Waals surface area contributed by atoms with E-state index >= 15 is 0 Å². The highest BCUT2D eigenvalue weighted by molar-refractivity contribution is 7.09. The molecule has 1 saturated heterocycles. The lowest BCUT2D eigenvalue weighted by molar-refractivity contribution is -0.144. The molecule has 1 aromatic carbocycles. The maximum atomic E-state index is 13.2. The maximum absolute atomic E-state index is 13.2. The molecule has 0 bridgehead atoms. The van der Waals surface area contributed by atoms with E-state index in [1.54, 1.807) is 34.1 Å². The highest BCUT2D eigenvalue weighted by Gasteiger charge is 2.36. The summed E-state index contributed by atoms with van der Waals surface area (Å²) < 4.78 is 39.7. The van der Waals surface area contributed by atoms with Crippen molar-refractivity contribution in [2.75, 3.05) is 31.1 Å². The summed E-state index contributed by atoms with van der Waals surface area (Å²) in [5, 5.41) is 3.24. The fraction of sp³-hybridized carbons (Fsp3) is 0.368. The summed E-state index contributed by atoms with van der Waals surface area (Å²) in [5.41, 5.74) is 1.14. The van der Waals surface area contributed by atoms with Gasteiger partial charge in [-0.05, 0) is 19.1 Å². The van der Waals surface area contributed by atoms with E-state index in [0.717, 1.165) is 10.7 Å². The second kappa shape index (κ2) is 7.58. The minimum absolute atomic E-state index is 0.0254. The number of aryl methyl sites for hydroxylation is 1. The Bertz CT molecular complexity index is 1040. The Hall–Kier alpha value is -2.75. The Kier molecular flexibility index (Phi) is 5.12. The molecule has 0 aliphatic carbocycles. The Morgan fingerprint density at radius 3 is 2.48 bits per heavy atom. The van der Waals surface area contributed by atoms with Crippen LogP contribution in [0.1, 0.15) is 16.5 Å². The van der Waals surface area contributed by atoms with Gasteiger partial charge in [0.25, 0.3) is 0 Å². The fourth-order valence-corrected chi connectivity index (χ4v) is 4.08. The predicted octanol–water partition coefficient (Wildman–Crippen LogP) is 3.30. The van der Waals surface area contributed by atoms with Gasteiger partial charge in [-0.25, -0.2) is 15.0 Å². The first-order chi connectivity index (χ1) is 13.8. The summed E-state index contributed by atoms with van der Waals surface area (Å²) in [6.07, 6.45) is -4.38. The van der Waals surface area contributed by atoms with Crippen molar-refractivity contribution in [3.8, 4) is 0 Å². The van der Waals surface area contributed by atoms with E-state index in [0.29, 0.717) is 31.6 Å². The second-order valence-electron chi connectivity index (χ2n) is 6.81. The molecule has 0 saturated carbocycles. The zero-order valence-electron chi connectivity index (χ0n) is 15.6. The van der Waals surface area contributed by atoms with Crippen LogP contribution < -0.4 is 4.90 Å². The average Bonchev–Trinajstić information content (AvgIpc) is 3.11. The molecule has 10 heteroatoms. The van der Waals surface area contributed by atoms with Crippen LogP contribution in [0.2, 0.25) is 0 Å². The highest BCUT2D eigenvalue weighted by atomic mass is 32.1. The van der Waals surface area contributed by atoms with E-state index in [2.05, 4.69) is 15.0 Å². The van der Waals surface area contributed by atoms with Gasteiger partial charge < -0.3 is 9.80 Å². The number of amides is 1. The van der Waals surface area contributed by atoms with Gasteiger partial charge >= 0.3 is 6.18 Å². The van der Waals surface area contributed by atoms with Crippen LogP contribution in [-0.4, -0.2) is 51.9 Å². The Morgan fingerprint density at radius 1 is 1.10 bits per heavy atom. The number of carbonyl (C=O) groups excluding carboxylic acids is 1. The number of alkyl halides is 3. The van der Waals surface area contributed by atoms with Gasteiger partial charge in [0.2, 0.25) is 11.7 Å². The van der Waals surface area contributed by atoms with Crippen molar-refractivity contribution in [2.24, 2.45) is 0 Å². The molecule has 3 aromatic rings. The van der Waals surface area contributed by atoms with Gasteiger partial charge in [-0.3, -0.25) is 4.79 Å². The lowest BCUT2D eigenvalue weighted by Crippen LogP contribution is -2.49. The molecule has 29 heavy (non-hydrogen) atoms. The number of anilines is 1. The normalized spacial score (nSPS) is 15.2. The van der Waals surface area contributed by atoms with Crippen molar-refractivity contribution in [3.63, 3.8) is 0 Å². The number of hydrogen-bond acceptors (Lipinski definition) is 6. The van der Waals surface area contributed by atoms with Gasteiger partial charge in [-0.2, -0.15) is 13.2 Å². The Balaban J connectivity index is 1.52. The number of nitrogens with zero attached hydrogens (tertiary/aromatic N) is 5. The Morgan fingerprint density at radius 2 is 1.83 bits per heavy atom. The molecule has 1 fully saturated rings. The topological polar surface area (TPSA) is 62.2 Å². The SMILES string of the molecule is Cc1csc(CC(=O)N2CCN(c3nc(C(F)(F)F)nc4ccccc34)CC2)n1. The largest absolute Gasteiger partial charge is 0.451 e. The van der Waals surface area contributed by atoms with E-state index in [1.807, 2.05) is 12.3 Å². The molecule has 0 atom stereocenters. The van der Waals surface area contributed by atoms with E-state index < -0.39 is 12.0 Å². The number of halogens is 3. The van der Waals surface area contributed by atoms with Crippen LogP contribution >= 0.6 is 11.3 Å². The van der Waals surface area contributed by atoms with Gasteiger partial charge in [0.05, 0.1) is 11.9 Å². The minimum atomic E-state index is -4.62. The number of aromatic nitrogens is 3. The van der Waals surface area contributed by atoms with Crippen molar-refractivity contribution in [1.29, 1.82) is 0 Å². The van der Waals surface area contributed by atoms with Crippen molar-refractivity contribution < 1.29 is 18.0 Å². The minimum Gasteiger partial charge on any atom is -0.352 e. The average molecular weight is 421 g/mol. The molecule has 0 N–H and O–H groups in total. The molecule has 1 aliphatic rings. The summed E-state index contributed by atoms with van der Waals surface area (Å²) in [6.45, 7) is 3.53. The summed E-state index contributed by atoms with van der Waals surface area (Å²) >= 11 is 1.45. The molecule has 2 aromatic heterocycles. The third kappa shape index (κ3) is 4.16. The number of thiazole rings is 1. The van der Waals surface area contributed by atoms with Crippen LogP contribution in [0.25, 0.3) is 10.9 Å². The van der Waals surface area contributed by atoms with E-state index in [9.17, 15) is 18.0 Å². The van der Waals surface area contributed by atoms with Crippen molar-refractivity contribution in [2.45, 2.75) is 19.5 Å². The van der Waals surface area contributed by atoms with Gasteiger partial charge in [-0.1, -0.05) is 12.1 Å². The van der Waals surface area contributed by atoms with Gasteiger partial charge in [0.15, 0.2) is 0 Å². The quantitative estimate of drug-likeness (QED) is 0.649. The zero-order valence-corrected chi connectivity index (χ0v) is 16.4. The molecule has 4 rings (SSSR count). The first-order valence-electron chi connectivity index (χ1n) is 9.09. The third-order valence-corrected chi connectivity index (χ3v) is 5.70. The molecule has 152 valence electrons. The van der Waals surface area contributed by atoms with Crippen molar-refractivity contribution in [1.82, 2.24) is 19.9 Å². The zero-order chi connectivity index (χ0) is 20.6. The van der Waals surface area contributed by atoms with Crippen LogP contribution in [0.3, 0.4) is 0 Å². The first kappa shape index (κ1) is 19.6. The van der Waals surface area contributed by atoms with Gasteiger partial charge in [0, 0.05) is 42.6 Å². The molecule has 0 spiro atoms. The van der Waals surface area contributed by atoms with Crippen LogP contribution in [0.15, 0.2) is 29.6 Å². The number of benzene rings is 1. The Labute approximate surface area is 169 Å². The van der Waals surface area contributed by atoms with Crippen molar-refractivity contribution >= 4 is 34.0 Å². The molecule has 3 heterocycles. The van der Waals surface area contributed by atoms with E-state index in [1.165, 1.54) is 11.3 Å². The summed E-state index contributed by atoms with van der Waals surface area (Å²) in [4.78, 5) is 27.8. The molecular weight excluding hydrogens is 403 g/mol. The maximum Gasteiger partial charge on any atom is 0.451 e. The number of carbonyl (C=O) groups is 1. The van der Waals surface area contributed by atoms with Crippen molar-refractivity contribution in [3.05, 3.63) is 46.2 Å². The van der Waals surface area contributed by atoms with Crippen LogP contribution in [0.5, 0.6) is 0 Å². The highest BCUT2D eigenvalue weighted by Crippen LogP contribution is 2.32. The first-order valence-corrected chi connectivity index (χ1v) is 9.97. The van der Waals surface area contributed by atoms with Gasteiger partial charge in [-0.15, -0.1) is 11.3 Å². The number of piperazine rings is 1. The number of hydrogen-bond donors (Lipinski definition) is 0. The molecule has 1 aliphatic heterocycles. The molecule has 0 unspecified atom stereocenters. The number of para-hydroxylation sites is 1. The lowest BCUT2D eigenvalue weighted by Gasteiger charge is -2.36. The summed E-state index contributed by atoms with van der Waals surface area (Å²) in [5.74, 6) is -0.919. The van der Waals surface area contributed by atoms with Crippen LogP contribution in [0, 0.1) is 6.92 Å². The van der Waals surface area contributed by atoms with Crippen LogP contribution in [-0.2, 0) is 17.4 Å². The predicted molar refractivity (Wildman–Crippen MR) is 104 cm³/mol. The molecule has 6 nitrogen and oxygen atoms in total. The smallest absolute Gasteiger partial charge is 0.352 e. The lowest BCUT2D eigenvalue weighted by atomic mass is 10.2. The third-order valence-electron chi connectivity index (χ3n) is 4.74. The molecular formula is C19H18F3N5OS. The molecule has 0 radical (unpaired) electrons. The van der Waals surface area contributed by atoms with E-state index in [-0.39, 0.29) is 23.7 Å². The summed E-state index contributed by atoms with van der Waals surface area (Å²) in [7, 11) is 0. The van der Waals surface area contributed by atoms with E-state index in [4.69, 9.17) is 0 Å².